The number of nitrogens with one attached hydrogen (secondary N) is 1. The molecule has 3 nitrogen and oxygen atoms in total. The van der Waals surface area contributed by atoms with Gasteiger partial charge in [-0.15, -0.1) is 11.6 Å². The van der Waals surface area contributed by atoms with E-state index in [1.165, 1.54) is 0 Å². The molecule has 100 valence electrons. The fourth-order valence-corrected chi connectivity index (χ4v) is 4.01. The maximum Gasteiger partial charge on any atom is 0.240 e. The van der Waals surface area contributed by atoms with Crippen molar-refractivity contribution >= 4 is 37.6 Å². The van der Waals surface area contributed by atoms with Crippen molar-refractivity contribution in [2.24, 2.45) is 5.41 Å². The maximum absolute atomic E-state index is 12.1. The molecule has 0 unspecified atom stereocenters. The van der Waals surface area contributed by atoms with Gasteiger partial charge in [0.25, 0.3) is 0 Å². The van der Waals surface area contributed by atoms with E-state index < -0.39 is 10.0 Å². The number of alkyl halides is 1. The Balaban J connectivity index is 2.04. The Morgan fingerprint density at radius 2 is 2.11 bits per heavy atom. The molecule has 1 aliphatic carbocycles. The third kappa shape index (κ3) is 3.47. The van der Waals surface area contributed by atoms with Crippen molar-refractivity contribution in [3.8, 4) is 0 Å². The van der Waals surface area contributed by atoms with E-state index in [0.29, 0.717) is 17.3 Å². The zero-order valence-corrected chi connectivity index (χ0v) is 13.0. The summed E-state index contributed by atoms with van der Waals surface area (Å²) in [6.07, 6.45) is 2.98. The van der Waals surface area contributed by atoms with Crippen LogP contribution in [0.5, 0.6) is 0 Å². The summed E-state index contributed by atoms with van der Waals surface area (Å²) in [7, 11) is -3.42. The van der Waals surface area contributed by atoms with Crippen LogP contribution in [0.15, 0.2) is 33.6 Å². The van der Waals surface area contributed by atoms with Crippen molar-refractivity contribution in [2.75, 3.05) is 12.4 Å². The lowest BCUT2D eigenvalue weighted by Crippen LogP contribution is -2.30. The number of halogens is 2. The molecule has 1 saturated carbocycles. The lowest BCUT2D eigenvalue weighted by molar-refractivity contribution is 0.478. The first kappa shape index (κ1) is 14.3. The molecular weight excluding hydrogens is 338 g/mol. The molecule has 0 spiro atoms. The third-order valence-electron chi connectivity index (χ3n) is 3.33. The molecule has 6 heteroatoms. The number of rotatable bonds is 6. The van der Waals surface area contributed by atoms with Gasteiger partial charge in [-0.2, -0.15) is 0 Å². The van der Waals surface area contributed by atoms with Crippen LogP contribution in [-0.2, 0) is 10.0 Å². The van der Waals surface area contributed by atoms with Gasteiger partial charge in [0.2, 0.25) is 10.0 Å². The van der Waals surface area contributed by atoms with E-state index in [9.17, 15) is 8.42 Å². The van der Waals surface area contributed by atoms with Crippen LogP contribution in [0, 0.1) is 5.41 Å². The minimum atomic E-state index is -3.42. The molecule has 0 atom stereocenters. The molecule has 1 aromatic rings. The zero-order valence-electron chi connectivity index (χ0n) is 9.83. The smallest absolute Gasteiger partial charge is 0.211 e. The molecule has 1 aromatic carbocycles. The largest absolute Gasteiger partial charge is 0.240 e. The van der Waals surface area contributed by atoms with Gasteiger partial charge < -0.3 is 0 Å². The van der Waals surface area contributed by atoms with E-state index in [-0.39, 0.29) is 5.41 Å². The predicted molar refractivity (Wildman–Crippen MR) is 76.3 cm³/mol. The standard InChI is InChI=1S/C12H15BrClNO2S/c13-10-2-1-3-11(8-10)18(16,17)15-9-12(4-5-12)6-7-14/h1-3,8,15H,4-7,9H2. The number of hydrogen-bond donors (Lipinski definition) is 1. The molecular formula is C12H15BrClNO2S. The minimum Gasteiger partial charge on any atom is -0.211 e. The molecule has 0 aliphatic heterocycles. The summed E-state index contributed by atoms with van der Waals surface area (Å²) < 4.78 is 27.6. The fourth-order valence-electron chi connectivity index (χ4n) is 1.86. The van der Waals surface area contributed by atoms with E-state index in [0.717, 1.165) is 23.7 Å². The summed E-state index contributed by atoms with van der Waals surface area (Å²) in [5.74, 6) is 0.582. The monoisotopic (exact) mass is 351 g/mol. The van der Waals surface area contributed by atoms with Crippen LogP contribution in [0.25, 0.3) is 0 Å². The Hall–Kier alpha value is -0.100. The van der Waals surface area contributed by atoms with Crippen LogP contribution in [0.2, 0.25) is 0 Å². The number of sulfonamides is 1. The average molecular weight is 353 g/mol. The van der Waals surface area contributed by atoms with Crippen LogP contribution < -0.4 is 4.72 Å². The maximum atomic E-state index is 12.1. The lowest BCUT2D eigenvalue weighted by atomic mass is 10.1. The van der Waals surface area contributed by atoms with Crippen molar-refractivity contribution in [1.29, 1.82) is 0 Å². The normalized spacial score (nSPS) is 17.7. The Morgan fingerprint density at radius 1 is 1.39 bits per heavy atom. The van der Waals surface area contributed by atoms with E-state index in [1.807, 2.05) is 0 Å². The summed E-state index contributed by atoms with van der Waals surface area (Å²) in [4.78, 5) is 0.290. The van der Waals surface area contributed by atoms with Crippen LogP contribution in [0.1, 0.15) is 19.3 Å². The lowest BCUT2D eigenvalue weighted by Gasteiger charge is -2.14. The summed E-state index contributed by atoms with van der Waals surface area (Å²) >= 11 is 9.00. The first-order chi connectivity index (χ1) is 8.47. The summed E-state index contributed by atoms with van der Waals surface area (Å²) in [6, 6.07) is 6.71. The van der Waals surface area contributed by atoms with Crippen molar-refractivity contribution in [1.82, 2.24) is 4.72 Å². The molecule has 2 rings (SSSR count). The van der Waals surface area contributed by atoms with E-state index >= 15 is 0 Å². The summed E-state index contributed by atoms with van der Waals surface area (Å²) in [5.41, 5.74) is 0.0980. The van der Waals surface area contributed by atoms with Gasteiger partial charge in [0.1, 0.15) is 0 Å². The van der Waals surface area contributed by atoms with Gasteiger partial charge in [-0.25, -0.2) is 13.1 Å². The molecule has 0 saturated heterocycles. The Morgan fingerprint density at radius 3 is 2.67 bits per heavy atom. The highest BCUT2D eigenvalue weighted by Gasteiger charge is 2.42. The van der Waals surface area contributed by atoms with Crippen molar-refractivity contribution in [3.05, 3.63) is 28.7 Å². The quantitative estimate of drug-likeness (QED) is 0.800. The van der Waals surface area contributed by atoms with Gasteiger partial charge in [-0.05, 0) is 42.9 Å². The van der Waals surface area contributed by atoms with Gasteiger partial charge >= 0.3 is 0 Å². The van der Waals surface area contributed by atoms with Crippen LogP contribution in [0.4, 0.5) is 0 Å². The van der Waals surface area contributed by atoms with E-state index in [1.54, 1.807) is 24.3 Å². The second-order valence-electron chi connectivity index (χ2n) is 4.72. The van der Waals surface area contributed by atoms with Gasteiger partial charge in [-0.1, -0.05) is 22.0 Å². The minimum absolute atomic E-state index is 0.0980. The Bertz CT molecular complexity index is 529. The highest BCUT2D eigenvalue weighted by atomic mass is 79.9. The summed E-state index contributed by atoms with van der Waals surface area (Å²) in [6.45, 7) is 0.481. The first-order valence-electron chi connectivity index (χ1n) is 5.79. The molecule has 0 heterocycles. The average Bonchev–Trinajstić information content (AvgIpc) is 3.08. The first-order valence-corrected chi connectivity index (χ1v) is 8.60. The molecule has 0 radical (unpaired) electrons. The molecule has 18 heavy (non-hydrogen) atoms. The Labute approximate surface area is 121 Å². The molecule has 0 aromatic heterocycles. The van der Waals surface area contributed by atoms with Crippen LogP contribution >= 0.6 is 27.5 Å². The van der Waals surface area contributed by atoms with E-state index in [2.05, 4.69) is 20.7 Å². The van der Waals surface area contributed by atoms with Gasteiger partial charge in [0, 0.05) is 16.9 Å². The second kappa shape index (κ2) is 5.49. The second-order valence-corrected chi connectivity index (χ2v) is 7.78. The fraction of sp³-hybridized carbons (Fsp3) is 0.500. The van der Waals surface area contributed by atoms with Gasteiger partial charge in [0.05, 0.1) is 4.90 Å². The molecule has 0 bridgehead atoms. The number of hydrogen-bond acceptors (Lipinski definition) is 2. The van der Waals surface area contributed by atoms with Gasteiger partial charge in [-0.3, -0.25) is 0 Å². The molecule has 1 fully saturated rings. The predicted octanol–water partition coefficient (Wildman–Crippen LogP) is 3.14. The molecule has 1 aliphatic rings. The van der Waals surface area contributed by atoms with Crippen molar-refractivity contribution in [3.63, 3.8) is 0 Å². The molecule has 1 N–H and O–H groups in total. The van der Waals surface area contributed by atoms with Crippen LogP contribution in [0.3, 0.4) is 0 Å². The zero-order chi connectivity index (χ0) is 13.2. The third-order valence-corrected chi connectivity index (χ3v) is 5.41. The summed E-state index contributed by atoms with van der Waals surface area (Å²) in [5, 5.41) is 0. The Kier molecular flexibility index (Phi) is 4.36. The SMILES string of the molecule is O=S(=O)(NCC1(CCCl)CC1)c1cccc(Br)c1. The van der Waals surface area contributed by atoms with Gasteiger partial charge in [0.15, 0.2) is 0 Å². The van der Waals surface area contributed by atoms with Crippen molar-refractivity contribution in [2.45, 2.75) is 24.2 Å². The van der Waals surface area contributed by atoms with E-state index in [4.69, 9.17) is 11.6 Å². The topological polar surface area (TPSA) is 46.2 Å². The highest BCUT2D eigenvalue weighted by molar-refractivity contribution is 9.10. The van der Waals surface area contributed by atoms with Crippen LogP contribution in [-0.4, -0.2) is 20.8 Å². The molecule has 0 amide bonds. The number of benzene rings is 1. The van der Waals surface area contributed by atoms with Crippen molar-refractivity contribution < 1.29 is 8.42 Å². The highest BCUT2D eigenvalue weighted by Crippen LogP contribution is 2.48.